The van der Waals surface area contributed by atoms with Gasteiger partial charge in [0.1, 0.15) is 0 Å². The monoisotopic (exact) mass is 350 g/mol. The summed E-state index contributed by atoms with van der Waals surface area (Å²) in [6, 6.07) is 8.04. The fourth-order valence-corrected chi connectivity index (χ4v) is 5.33. The van der Waals surface area contributed by atoms with Crippen molar-refractivity contribution in [3.8, 4) is 0 Å². The van der Waals surface area contributed by atoms with Crippen LogP contribution in [0.5, 0.6) is 0 Å². The summed E-state index contributed by atoms with van der Waals surface area (Å²) in [4.78, 5) is 16.4. The Hall–Kier alpha value is -1.56. The first-order chi connectivity index (χ1) is 11.4. The zero-order valence-electron chi connectivity index (χ0n) is 14.3. The van der Waals surface area contributed by atoms with E-state index in [9.17, 15) is 13.2 Å². The molecule has 24 heavy (non-hydrogen) atoms. The zero-order valence-corrected chi connectivity index (χ0v) is 15.1. The van der Waals surface area contributed by atoms with E-state index in [1.54, 1.807) is 11.9 Å². The smallest absolute Gasteiger partial charge is 0.227 e. The Morgan fingerprint density at radius 2 is 1.83 bits per heavy atom. The van der Waals surface area contributed by atoms with Crippen LogP contribution in [0.4, 0.5) is 5.69 Å². The third-order valence-electron chi connectivity index (χ3n) is 5.16. The summed E-state index contributed by atoms with van der Waals surface area (Å²) >= 11 is 0. The Bertz CT molecular complexity index is 679. The van der Waals surface area contributed by atoms with E-state index in [-0.39, 0.29) is 23.5 Å². The number of piperidine rings is 1. The lowest BCUT2D eigenvalue weighted by atomic mass is 10.1. The second kappa shape index (κ2) is 7.13. The third-order valence-corrected chi connectivity index (χ3v) is 6.91. The van der Waals surface area contributed by atoms with Gasteiger partial charge in [-0.3, -0.25) is 4.79 Å². The van der Waals surface area contributed by atoms with E-state index in [1.165, 1.54) is 24.9 Å². The largest absolute Gasteiger partial charge is 0.372 e. The lowest BCUT2D eigenvalue weighted by molar-refractivity contribution is -0.130. The second-order valence-electron chi connectivity index (χ2n) is 6.95. The van der Waals surface area contributed by atoms with Gasteiger partial charge in [-0.05, 0) is 43.4 Å². The van der Waals surface area contributed by atoms with E-state index >= 15 is 0 Å². The number of carbonyl (C=O) groups excluding carboxylic acids is 1. The first-order valence-electron chi connectivity index (χ1n) is 8.74. The van der Waals surface area contributed by atoms with E-state index in [0.717, 1.165) is 18.7 Å². The van der Waals surface area contributed by atoms with Crippen LogP contribution in [0.1, 0.15) is 31.2 Å². The number of nitrogens with zero attached hydrogens (tertiary/aromatic N) is 2. The number of likely N-dealkylation sites (N-methyl/N-ethyl adjacent to an activating group) is 1. The van der Waals surface area contributed by atoms with Crippen LogP contribution in [0, 0.1) is 0 Å². The lowest BCUT2D eigenvalue weighted by Gasteiger charge is -2.29. The van der Waals surface area contributed by atoms with Crippen LogP contribution in [0.2, 0.25) is 0 Å². The highest BCUT2D eigenvalue weighted by molar-refractivity contribution is 7.91. The average molecular weight is 350 g/mol. The molecule has 0 aromatic heterocycles. The predicted molar refractivity (Wildman–Crippen MR) is 96.0 cm³/mol. The number of hydrogen-bond acceptors (Lipinski definition) is 4. The molecule has 2 saturated heterocycles. The molecule has 1 aromatic carbocycles. The molecule has 1 amide bonds. The number of benzene rings is 1. The van der Waals surface area contributed by atoms with E-state index in [4.69, 9.17) is 0 Å². The molecule has 1 aromatic rings. The van der Waals surface area contributed by atoms with Crippen molar-refractivity contribution < 1.29 is 13.2 Å². The normalized spacial score (nSPS) is 23.2. The van der Waals surface area contributed by atoms with Gasteiger partial charge in [-0.1, -0.05) is 12.1 Å². The van der Waals surface area contributed by atoms with Crippen molar-refractivity contribution in [1.29, 1.82) is 0 Å². The minimum atomic E-state index is -2.96. The molecule has 0 spiro atoms. The molecule has 5 nitrogen and oxygen atoms in total. The van der Waals surface area contributed by atoms with Crippen molar-refractivity contribution in [2.45, 2.75) is 38.1 Å². The standard InChI is InChI=1S/C18H26N2O3S/c1-19(17-9-12-24(22,23)14-17)18(21)13-15-5-7-16(8-6-15)20-10-3-2-4-11-20/h5-8,17H,2-4,9-14H2,1H3. The van der Waals surface area contributed by atoms with Gasteiger partial charge in [0, 0.05) is 31.9 Å². The molecule has 0 saturated carbocycles. The van der Waals surface area contributed by atoms with Gasteiger partial charge in [0.25, 0.3) is 0 Å². The van der Waals surface area contributed by atoms with Gasteiger partial charge in [0.05, 0.1) is 17.9 Å². The predicted octanol–water partition coefficient (Wildman–Crippen LogP) is 1.86. The highest BCUT2D eigenvalue weighted by Crippen LogP contribution is 2.21. The van der Waals surface area contributed by atoms with Gasteiger partial charge < -0.3 is 9.80 Å². The molecule has 2 aliphatic heterocycles. The Labute approximate surface area is 144 Å². The minimum Gasteiger partial charge on any atom is -0.372 e. The summed E-state index contributed by atoms with van der Waals surface area (Å²) in [7, 11) is -1.25. The Kier molecular flexibility index (Phi) is 5.13. The van der Waals surface area contributed by atoms with Crippen molar-refractivity contribution >= 4 is 21.4 Å². The summed E-state index contributed by atoms with van der Waals surface area (Å²) < 4.78 is 23.1. The number of rotatable bonds is 4. The molecule has 6 heteroatoms. The van der Waals surface area contributed by atoms with Crippen LogP contribution in [-0.4, -0.2) is 56.9 Å². The van der Waals surface area contributed by atoms with Crippen LogP contribution in [0.25, 0.3) is 0 Å². The van der Waals surface area contributed by atoms with Crippen LogP contribution >= 0.6 is 0 Å². The molecular formula is C18H26N2O3S. The molecular weight excluding hydrogens is 324 g/mol. The van der Waals surface area contributed by atoms with E-state index < -0.39 is 9.84 Å². The summed E-state index contributed by atoms with van der Waals surface area (Å²) in [5.41, 5.74) is 2.20. The van der Waals surface area contributed by atoms with Gasteiger partial charge in [0.2, 0.25) is 5.91 Å². The molecule has 3 rings (SSSR count). The molecule has 1 unspecified atom stereocenters. The number of hydrogen-bond donors (Lipinski definition) is 0. The van der Waals surface area contributed by atoms with Gasteiger partial charge >= 0.3 is 0 Å². The second-order valence-corrected chi connectivity index (χ2v) is 9.18. The molecule has 2 aliphatic rings. The van der Waals surface area contributed by atoms with E-state index in [2.05, 4.69) is 17.0 Å². The van der Waals surface area contributed by atoms with Gasteiger partial charge in [-0.2, -0.15) is 0 Å². The summed E-state index contributed by atoms with van der Waals surface area (Å²) in [5, 5.41) is 0. The van der Waals surface area contributed by atoms with Crippen molar-refractivity contribution in [3.63, 3.8) is 0 Å². The number of sulfone groups is 1. The number of anilines is 1. The fourth-order valence-electron chi connectivity index (χ4n) is 3.56. The lowest BCUT2D eigenvalue weighted by Crippen LogP contribution is -2.38. The maximum absolute atomic E-state index is 12.4. The van der Waals surface area contributed by atoms with Crippen LogP contribution in [-0.2, 0) is 21.1 Å². The molecule has 2 heterocycles. The summed E-state index contributed by atoms with van der Waals surface area (Å²) in [5.74, 6) is 0.283. The minimum absolute atomic E-state index is 0.0113. The Morgan fingerprint density at radius 1 is 1.17 bits per heavy atom. The van der Waals surface area contributed by atoms with E-state index in [0.29, 0.717) is 12.8 Å². The molecule has 0 N–H and O–H groups in total. The maximum Gasteiger partial charge on any atom is 0.227 e. The number of amides is 1. The molecule has 132 valence electrons. The maximum atomic E-state index is 12.4. The van der Waals surface area contributed by atoms with Crippen molar-refractivity contribution in [2.75, 3.05) is 36.5 Å². The van der Waals surface area contributed by atoms with Crippen molar-refractivity contribution in [2.24, 2.45) is 0 Å². The number of carbonyl (C=O) groups is 1. The highest BCUT2D eigenvalue weighted by atomic mass is 32.2. The Balaban J connectivity index is 1.58. The molecule has 0 aliphatic carbocycles. The highest BCUT2D eigenvalue weighted by Gasteiger charge is 2.32. The van der Waals surface area contributed by atoms with Crippen LogP contribution in [0.3, 0.4) is 0 Å². The quantitative estimate of drug-likeness (QED) is 0.832. The molecule has 1 atom stereocenters. The summed E-state index contributed by atoms with van der Waals surface area (Å²) in [6.07, 6.45) is 4.68. The van der Waals surface area contributed by atoms with Gasteiger partial charge in [-0.15, -0.1) is 0 Å². The first kappa shape index (κ1) is 17.3. The van der Waals surface area contributed by atoms with Crippen LogP contribution in [0.15, 0.2) is 24.3 Å². The zero-order chi connectivity index (χ0) is 17.2. The summed E-state index contributed by atoms with van der Waals surface area (Å²) in [6.45, 7) is 2.22. The van der Waals surface area contributed by atoms with Crippen molar-refractivity contribution in [1.82, 2.24) is 4.90 Å². The third kappa shape index (κ3) is 4.09. The van der Waals surface area contributed by atoms with Crippen molar-refractivity contribution in [3.05, 3.63) is 29.8 Å². The molecule has 2 fully saturated rings. The SMILES string of the molecule is CN(C(=O)Cc1ccc(N2CCCCC2)cc1)C1CCS(=O)(=O)C1. The van der Waals surface area contributed by atoms with E-state index in [1.807, 2.05) is 12.1 Å². The topological polar surface area (TPSA) is 57.7 Å². The average Bonchev–Trinajstić information content (AvgIpc) is 2.95. The molecule has 0 bridgehead atoms. The van der Waals surface area contributed by atoms with Crippen LogP contribution < -0.4 is 4.90 Å². The fraction of sp³-hybridized carbons (Fsp3) is 0.611. The van der Waals surface area contributed by atoms with Gasteiger partial charge in [0.15, 0.2) is 9.84 Å². The Morgan fingerprint density at radius 3 is 2.42 bits per heavy atom. The molecule has 0 radical (unpaired) electrons. The van der Waals surface area contributed by atoms with Gasteiger partial charge in [-0.25, -0.2) is 8.42 Å². The first-order valence-corrected chi connectivity index (χ1v) is 10.6.